The molecule has 0 atom stereocenters. The molecule has 1 heterocycles. The van der Waals surface area contributed by atoms with E-state index in [0.29, 0.717) is 16.3 Å². The second kappa shape index (κ2) is 9.47. The molecule has 0 saturated carbocycles. The number of allylic oxidation sites excluding steroid dienone is 1. The monoisotopic (exact) mass is 463 g/mol. The Bertz CT molecular complexity index is 1180. The topological polar surface area (TPSA) is 65.2 Å². The van der Waals surface area contributed by atoms with E-state index in [4.69, 9.17) is 11.6 Å². The summed E-state index contributed by atoms with van der Waals surface area (Å²) in [5.41, 5.74) is 4.01. The van der Waals surface area contributed by atoms with Crippen molar-refractivity contribution in [3.05, 3.63) is 69.0 Å². The van der Waals surface area contributed by atoms with Gasteiger partial charge in [0.25, 0.3) is 10.0 Å². The highest BCUT2D eigenvalue weighted by Gasteiger charge is 2.22. The Hall–Kier alpha value is -1.93. The summed E-state index contributed by atoms with van der Waals surface area (Å²) < 4.78 is 29.8. The van der Waals surface area contributed by atoms with Crippen LogP contribution < -0.4 is 4.72 Å². The maximum absolute atomic E-state index is 13.3. The van der Waals surface area contributed by atoms with Crippen LogP contribution in [0, 0.1) is 0 Å². The van der Waals surface area contributed by atoms with Gasteiger partial charge in [-0.2, -0.15) is 0 Å². The smallest absolute Gasteiger partial charge is 0.268 e. The standard InChI is InChI=1S/C22H26ClN3O2S2/c1-15(16-7-5-8-18(23)13-16)22(29-4)30(27,28)25-20-10-6-9-19-21(20)17(14-24-19)11-12-26(2)3/h5-10,13-14,24-25H,11-12H2,1-4H3/b22-15+. The Morgan fingerprint density at radius 1 is 1.20 bits per heavy atom. The number of H-pyrrole nitrogens is 1. The van der Waals surface area contributed by atoms with Gasteiger partial charge < -0.3 is 9.88 Å². The number of halogens is 1. The number of likely N-dealkylation sites (N-methyl/N-ethyl adjacent to an activating group) is 1. The van der Waals surface area contributed by atoms with Gasteiger partial charge in [0.15, 0.2) is 0 Å². The van der Waals surface area contributed by atoms with Gasteiger partial charge in [0.05, 0.1) is 5.69 Å². The molecular formula is C22H26ClN3O2S2. The molecular weight excluding hydrogens is 438 g/mol. The normalized spacial score (nSPS) is 13.0. The third kappa shape index (κ3) is 5.03. The Morgan fingerprint density at radius 2 is 1.93 bits per heavy atom. The van der Waals surface area contributed by atoms with E-state index in [1.54, 1.807) is 31.4 Å². The van der Waals surface area contributed by atoms with E-state index < -0.39 is 10.0 Å². The molecule has 160 valence electrons. The fraction of sp³-hybridized carbons (Fsp3) is 0.273. The third-order valence-electron chi connectivity index (χ3n) is 4.85. The highest BCUT2D eigenvalue weighted by atomic mass is 35.5. The van der Waals surface area contributed by atoms with Gasteiger partial charge in [0.1, 0.15) is 4.24 Å². The average Bonchev–Trinajstić information content (AvgIpc) is 3.10. The van der Waals surface area contributed by atoms with Crippen LogP contribution in [0.1, 0.15) is 18.1 Å². The van der Waals surface area contributed by atoms with Gasteiger partial charge in [-0.3, -0.25) is 4.72 Å². The number of fused-ring (bicyclic) bond motifs is 1. The molecule has 5 nitrogen and oxygen atoms in total. The zero-order valence-corrected chi connectivity index (χ0v) is 19.9. The lowest BCUT2D eigenvalue weighted by Crippen LogP contribution is -2.16. The number of rotatable bonds is 8. The fourth-order valence-corrected chi connectivity index (χ4v) is 6.07. The van der Waals surface area contributed by atoms with Crippen molar-refractivity contribution in [3.8, 4) is 0 Å². The van der Waals surface area contributed by atoms with Crippen molar-refractivity contribution in [1.82, 2.24) is 9.88 Å². The molecule has 0 spiro atoms. The van der Waals surface area contributed by atoms with E-state index in [0.717, 1.165) is 35.0 Å². The van der Waals surface area contributed by atoms with E-state index in [1.807, 2.05) is 44.6 Å². The molecule has 0 radical (unpaired) electrons. The molecule has 8 heteroatoms. The van der Waals surface area contributed by atoms with Crippen LogP contribution in [0.2, 0.25) is 5.02 Å². The van der Waals surface area contributed by atoms with Gasteiger partial charge in [0, 0.05) is 28.7 Å². The summed E-state index contributed by atoms with van der Waals surface area (Å²) in [4.78, 5) is 5.36. The van der Waals surface area contributed by atoms with Crippen molar-refractivity contribution in [3.63, 3.8) is 0 Å². The summed E-state index contributed by atoms with van der Waals surface area (Å²) in [6.45, 7) is 2.67. The molecule has 0 unspecified atom stereocenters. The molecule has 30 heavy (non-hydrogen) atoms. The molecule has 3 rings (SSSR count). The molecule has 0 aliphatic rings. The summed E-state index contributed by atoms with van der Waals surface area (Å²) in [5.74, 6) is 0. The fourth-order valence-electron chi connectivity index (χ4n) is 3.38. The lowest BCUT2D eigenvalue weighted by molar-refractivity contribution is 0.414. The van der Waals surface area contributed by atoms with Crippen LogP contribution >= 0.6 is 23.4 Å². The third-order valence-corrected chi connectivity index (χ3v) is 8.21. The largest absolute Gasteiger partial charge is 0.361 e. The second-order valence-electron chi connectivity index (χ2n) is 7.33. The van der Waals surface area contributed by atoms with E-state index in [-0.39, 0.29) is 4.24 Å². The summed E-state index contributed by atoms with van der Waals surface area (Å²) in [5, 5.41) is 1.48. The number of nitrogens with zero attached hydrogens (tertiary/aromatic N) is 1. The molecule has 0 bridgehead atoms. The van der Waals surface area contributed by atoms with Crippen LogP contribution in [0.4, 0.5) is 5.69 Å². The summed E-state index contributed by atoms with van der Waals surface area (Å²) >= 11 is 7.30. The van der Waals surface area contributed by atoms with E-state index in [2.05, 4.69) is 14.6 Å². The molecule has 2 N–H and O–H groups in total. The number of aromatic amines is 1. The molecule has 0 saturated heterocycles. The summed E-state index contributed by atoms with van der Waals surface area (Å²) in [6.07, 6.45) is 4.54. The van der Waals surface area contributed by atoms with Crippen molar-refractivity contribution in [1.29, 1.82) is 0 Å². The average molecular weight is 464 g/mol. The van der Waals surface area contributed by atoms with Crippen molar-refractivity contribution >= 4 is 55.5 Å². The molecule has 0 amide bonds. The highest BCUT2D eigenvalue weighted by Crippen LogP contribution is 2.34. The van der Waals surface area contributed by atoms with Crippen LogP contribution in [0.15, 0.2) is 52.9 Å². The van der Waals surface area contributed by atoms with Gasteiger partial charge >= 0.3 is 0 Å². The SMILES string of the molecule is CS/C(=C(/C)c1cccc(Cl)c1)S(=O)(=O)Nc1cccc2[nH]cc(CCN(C)C)c12. The molecule has 1 aromatic heterocycles. The molecule has 0 aliphatic carbocycles. The Balaban J connectivity index is 2.02. The number of aromatic nitrogens is 1. The van der Waals surface area contributed by atoms with Crippen LogP contribution in [0.25, 0.3) is 16.5 Å². The number of nitrogens with one attached hydrogen (secondary N) is 2. The first-order chi connectivity index (χ1) is 14.2. The van der Waals surface area contributed by atoms with Crippen molar-refractivity contribution < 1.29 is 8.42 Å². The molecule has 2 aromatic carbocycles. The first kappa shape index (κ1) is 22.7. The van der Waals surface area contributed by atoms with Gasteiger partial charge in [-0.05, 0) is 74.7 Å². The highest BCUT2D eigenvalue weighted by molar-refractivity contribution is 8.19. The zero-order chi connectivity index (χ0) is 21.9. The number of sulfonamides is 1. The molecule has 0 fully saturated rings. The maximum Gasteiger partial charge on any atom is 0.268 e. The lowest BCUT2D eigenvalue weighted by Gasteiger charge is -2.15. The second-order valence-corrected chi connectivity index (χ2v) is 10.5. The minimum absolute atomic E-state index is 0.271. The minimum Gasteiger partial charge on any atom is -0.361 e. The predicted octanol–water partition coefficient (Wildman–Crippen LogP) is 5.42. The van der Waals surface area contributed by atoms with Crippen molar-refractivity contribution in [2.45, 2.75) is 13.3 Å². The van der Waals surface area contributed by atoms with Crippen molar-refractivity contribution in [2.75, 3.05) is 31.6 Å². The molecule has 3 aromatic rings. The van der Waals surface area contributed by atoms with Crippen LogP contribution in [-0.2, 0) is 16.4 Å². The van der Waals surface area contributed by atoms with E-state index in [9.17, 15) is 8.42 Å². The number of thioether (sulfide) groups is 1. The van der Waals surface area contributed by atoms with Crippen LogP contribution in [0.3, 0.4) is 0 Å². The minimum atomic E-state index is -3.78. The van der Waals surface area contributed by atoms with Crippen molar-refractivity contribution in [2.24, 2.45) is 0 Å². The Labute approximate surface area is 187 Å². The summed E-state index contributed by atoms with van der Waals surface area (Å²) in [7, 11) is 0.263. The first-order valence-electron chi connectivity index (χ1n) is 9.50. The Morgan fingerprint density at radius 3 is 2.60 bits per heavy atom. The predicted molar refractivity (Wildman–Crippen MR) is 131 cm³/mol. The van der Waals surface area contributed by atoms with Gasteiger partial charge in [-0.1, -0.05) is 29.8 Å². The number of hydrogen-bond donors (Lipinski definition) is 2. The zero-order valence-electron chi connectivity index (χ0n) is 17.5. The van der Waals surface area contributed by atoms with Gasteiger partial charge in [-0.25, -0.2) is 8.42 Å². The summed E-state index contributed by atoms with van der Waals surface area (Å²) in [6, 6.07) is 12.8. The molecule has 0 aliphatic heterocycles. The quantitative estimate of drug-likeness (QED) is 0.468. The Kier molecular flexibility index (Phi) is 7.18. The van der Waals surface area contributed by atoms with Crippen LogP contribution in [-0.4, -0.2) is 45.2 Å². The van der Waals surface area contributed by atoms with E-state index in [1.165, 1.54) is 11.8 Å². The van der Waals surface area contributed by atoms with Gasteiger partial charge in [0.2, 0.25) is 0 Å². The van der Waals surface area contributed by atoms with Crippen LogP contribution in [0.5, 0.6) is 0 Å². The van der Waals surface area contributed by atoms with E-state index >= 15 is 0 Å². The number of hydrogen-bond acceptors (Lipinski definition) is 4. The number of benzene rings is 2. The lowest BCUT2D eigenvalue weighted by atomic mass is 10.1. The van der Waals surface area contributed by atoms with Gasteiger partial charge in [-0.15, -0.1) is 11.8 Å². The first-order valence-corrected chi connectivity index (χ1v) is 12.6. The number of anilines is 1. The maximum atomic E-state index is 13.3.